The first-order valence-corrected chi connectivity index (χ1v) is 12.0. The van der Waals surface area contributed by atoms with Crippen LogP contribution in [0, 0.1) is 6.92 Å². The number of nitrogens with one attached hydrogen (secondary N) is 1. The smallest absolute Gasteiger partial charge is 0.348 e. The summed E-state index contributed by atoms with van der Waals surface area (Å²) in [6, 6.07) is 0. The number of aromatic nitrogens is 2. The van der Waals surface area contributed by atoms with Gasteiger partial charge in [-0.05, 0) is 37.3 Å². The maximum absolute atomic E-state index is 12.7. The molecule has 0 fully saturated rings. The van der Waals surface area contributed by atoms with Crippen molar-refractivity contribution in [3.8, 4) is 0 Å². The summed E-state index contributed by atoms with van der Waals surface area (Å²) in [6.07, 6.45) is 4.73. The molecule has 11 heteroatoms. The van der Waals surface area contributed by atoms with Gasteiger partial charge in [0.25, 0.3) is 0 Å². The molecule has 0 atom stereocenters. The molecule has 0 saturated carbocycles. The molecule has 1 aliphatic carbocycles. The number of hydrogen-bond donors (Lipinski definition) is 1. The minimum absolute atomic E-state index is 0.0991. The molecule has 0 unspecified atom stereocenters. The average Bonchev–Trinajstić information content (AvgIpc) is 3.44. The zero-order valence-corrected chi connectivity index (χ0v) is 19.5. The Hall–Kier alpha value is -2.50. The Morgan fingerprint density at radius 1 is 1.13 bits per heavy atom. The molecule has 3 heterocycles. The Kier molecular flexibility index (Phi) is 6.26. The second-order valence-corrected chi connectivity index (χ2v) is 9.86. The van der Waals surface area contributed by atoms with E-state index in [1.54, 1.807) is 18.3 Å². The number of methoxy groups -OCH3 is 2. The lowest BCUT2D eigenvalue weighted by atomic mass is 10.1. The van der Waals surface area contributed by atoms with E-state index in [9.17, 15) is 14.4 Å². The lowest BCUT2D eigenvalue weighted by Crippen LogP contribution is -2.16. The summed E-state index contributed by atoms with van der Waals surface area (Å²) in [4.78, 5) is 48.2. The van der Waals surface area contributed by atoms with Gasteiger partial charge in [-0.2, -0.15) is 0 Å². The molecule has 0 saturated heterocycles. The zero-order chi connectivity index (χ0) is 22.1. The number of esters is 2. The number of thiophene rings is 2. The van der Waals surface area contributed by atoms with Gasteiger partial charge in [-0.25, -0.2) is 19.6 Å². The SMILES string of the molecule is COC(=O)c1sc(NC(=O)CSc2ncnc3sc4c(c23)CCC4)c(C(=O)OC)c1C. The number of nitrogens with zero attached hydrogens (tertiary/aromatic N) is 2. The van der Waals surface area contributed by atoms with E-state index < -0.39 is 11.9 Å². The van der Waals surface area contributed by atoms with Crippen LogP contribution in [0.3, 0.4) is 0 Å². The van der Waals surface area contributed by atoms with Crippen LogP contribution in [0.2, 0.25) is 0 Å². The fourth-order valence-corrected chi connectivity index (χ4v) is 6.79. The molecule has 8 nitrogen and oxygen atoms in total. The van der Waals surface area contributed by atoms with Gasteiger partial charge >= 0.3 is 11.9 Å². The number of ether oxygens (including phenoxy) is 2. The van der Waals surface area contributed by atoms with Gasteiger partial charge in [-0.1, -0.05) is 11.8 Å². The molecule has 0 radical (unpaired) electrons. The van der Waals surface area contributed by atoms with Crippen molar-refractivity contribution in [2.45, 2.75) is 31.2 Å². The van der Waals surface area contributed by atoms with Crippen molar-refractivity contribution < 1.29 is 23.9 Å². The summed E-state index contributed by atoms with van der Waals surface area (Å²) in [7, 11) is 2.51. The second kappa shape index (κ2) is 8.93. The summed E-state index contributed by atoms with van der Waals surface area (Å²) < 4.78 is 9.59. The molecule has 0 aliphatic heterocycles. The Labute approximate surface area is 190 Å². The van der Waals surface area contributed by atoms with E-state index in [1.165, 1.54) is 42.7 Å². The second-order valence-electron chi connectivity index (χ2n) is 6.80. The summed E-state index contributed by atoms with van der Waals surface area (Å²) in [6.45, 7) is 1.62. The van der Waals surface area contributed by atoms with Gasteiger partial charge in [0.05, 0.1) is 25.5 Å². The largest absolute Gasteiger partial charge is 0.465 e. The first kappa shape index (κ1) is 21.7. The molecule has 1 amide bonds. The molecule has 4 rings (SSSR count). The number of amides is 1. The van der Waals surface area contributed by atoms with Crippen molar-refractivity contribution in [2.75, 3.05) is 25.3 Å². The third-order valence-electron chi connectivity index (χ3n) is 4.97. The van der Waals surface area contributed by atoms with Crippen LogP contribution < -0.4 is 5.32 Å². The van der Waals surface area contributed by atoms with Crippen LogP contribution in [0.4, 0.5) is 5.00 Å². The van der Waals surface area contributed by atoms with Crippen molar-refractivity contribution in [2.24, 2.45) is 0 Å². The van der Waals surface area contributed by atoms with Gasteiger partial charge in [0, 0.05) is 10.3 Å². The van der Waals surface area contributed by atoms with E-state index in [0.717, 1.165) is 45.8 Å². The maximum atomic E-state index is 12.7. The Bertz CT molecular complexity index is 1200. The predicted octanol–water partition coefficient (Wildman–Crippen LogP) is 3.85. The third-order valence-corrected chi connectivity index (χ3v) is 8.34. The van der Waals surface area contributed by atoms with Gasteiger partial charge < -0.3 is 14.8 Å². The molecule has 0 bridgehead atoms. The average molecular weight is 478 g/mol. The first-order chi connectivity index (χ1) is 14.9. The van der Waals surface area contributed by atoms with Crippen molar-refractivity contribution >= 4 is 67.5 Å². The highest BCUT2D eigenvalue weighted by Gasteiger charge is 2.27. The van der Waals surface area contributed by atoms with Crippen LogP contribution >= 0.6 is 34.4 Å². The predicted molar refractivity (Wildman–Crippen MR) is 121 cm³/mol. The minimum atomic E-state index is -0.627. The number of anilines is 1. The fraction of sp³-hybridized carbons (Fsp3) is 0.350. The first-order valence-electron chi connectivity index (χ1n) is 9.42. The molecule has 3 aromatic rings. The number of fused-ring (bicyclic) bond motifs is 3. The standard InChI is InChI=1S/C20H19N3O5S3/c1-9-13(19(25)27-2)18(31-15(9)20(26)28-3)23-12(24)7-29-16-14-10-5-4-6-11(10)30-17(14)22-8-21-16/h8H,4-7H2,1-3H3,(H,23,24). The number of hydrogen-bond acceptors (Lipinski definition) is 10. The van der Waals surface area contributed by atoms with Crippen LogP contribution in [-0.2, 0) is 27.1 Å². The number of rotatable bonds is 6. The molecule has 0 aromatic carbocycles. The van der Waals surface area contributed by atoms with Crippen molar-refractivity contribution in [1.82, 2.24) is 9.97 Å². The summed E-state index contributed by atoms with van der Waals surface area (Å²) >= 11 is 4.02. The highest BCUT2D eigenvalue weighted by molar-refractivity contribution is 8.00. The van der Waals surface area contributed by atoms with Gasteiger partial charge in [-0.3, -0.25) is 4.79 Å². The topological polar surface area (TPSA) is 107 Å². The quantitative estimate of drug-likeness (QED) is 0.324. The van der Waals surface area contributed by atoms with Gasteiger partial charge in [0.15, 0.2) is 0 Å². The highest BCUT2D eigenvalue weighted by Crippen LogP contribution is 2.40. The van der Waals surface area contributed by atoms with Crippen molar-refractivity contribution in [1.29, 1.82) is 0 Å². The van der Waals surface area contributed by atoms with E-state index in [1.807, 2.05) is 0 Å². The molecule has 0 spiro atoms. The van der Waals surface area contributed by atoms with Gasteiger partial charge in [0.1, 0.15) is 26.1 Å². The molecular formula is C20H19N3O5S3. The maximum Gasteiger partial charge on any atom is 0.348 e. The Balaban J connectivity index is 1.54. The van der Waals surface area contributed by atoms with Crippen LogP contribution in [0.25, 0.3) is 10.2 Å². The molecule has 3 aromatic heterocycles. The number of carbonyl (C=O) groups excluding carboxylic acids is 3. The van der Waals surface area contributed by atoms with E-state index in [4.69, 9.17) is 9.47 Å². The third kappa shape index (κ3) is 4.04. The van der Waals surface area contributed by atoms with E-state index in [-0.39, 0.29) is 27.1 Å². The molecule has 162 valence electrons. The monoisotopic (exact) mass is 477 g/mol. The Morgan fingerprint density at radius 3 is 2.65 bits per heavy atom. The zero-order valence-electron chi connectivity index (χ0n) is 17.1. The molecule has 31 heavy (non-hydrogen) atoms. The lowest BCUT2D eigenvalue weighted by Gasteiger charge is -2.07. The Morgan fingerprint density at radius 2 is 1.90 bits per heavy atom. The van der Waals surface area contributed by atoms with E-state index in [2.05, 4.69) is 15.3 Å². The van der Waals surface area contributed by atoms with Crippen LogP contribution in [-0.4, -0.2) is 47.8 Å². The summed E-state index contributed by atoms with van der Waals surface area (Å²) in [5, 5.41) is 4.84. The lowest BCUT2D eigenvalue weighted by molar-refractivity contribution is -0.113. The van der Waals surface area contributed by atoms with Crippen molar-refractivity contribution in [3.05, 3.63) is 32.8 Å². The minimum Gasteiger partial charge on any atom is -0.465 e. The number of thioether (sulfide) groups is 1. The highest BCUT2D eigenvalue weighted by atomic mass is 32.2. The fourth-order valence-electron chi connectivity index (χ4n) is 3.54. The summed E-state index contributed by atoms with van der Waals surface area (Å²) in [5.41, 5.74) is 1.87. The molecule has 1 N–H and O–H groups in total. The normalized spacial score (nSPS) is 12.6. The molecule has 1 aliphatic rings. The summed E-state index contributed by atoms with van der Waals surface area (Å²) in [5.74, 6) is -1.41. The van der Waals surface area contributed by atoms with Crippen molar-refractivity contribution in [3.63, 3.8) is 0 Å². The van der Waals surface area contributed by atoms with Gasteiger partial charge in [0.2, 0.25) is 5.91 Å². The number of carbonyl (C=O) groups is 3. The van der Waals surface area contributed by atoms with Crippen LogP contribution in [0.1, 0.15) is 42.5 Å². The molecular weight excluding hydrogens is 458 g/mol. The number of aryl methyl sites for hydroxylation is 2. The van der Waals surface area contributed by atoms with Crippen LogP contribution in [0.15, 0.2) is 11.4 Å². The van der Waals surface area contributed by atoms with Gasteiger partial charge in [-0.15, -0.1) is 22.7 Å². The van der Waals surface area contributed by atoms with E-state index in [0.29, 0.717) is 5.56 Å². The van der Waals surface area contributed by atoms with E-state index >= 15 is 0 Å². The van der Waals surface area contributed by atoms with Crippen LogP contribution in [0.5, 0.6) is 0 Å².